The first-order valence-electron chi connectivity index (χ1n) is 9.45. The van der Waals surface area contributed by atoms with Crippen molar-refractivity contribution in [2.75, 3.05) is 11.0 Å². The van der Waals surface area contributed by atoms with Crippen molar-refractivity contribution in [3.63, 3.8) is 0 Å². The molecule has 8 nitrogen and oxygen atoms in total. The zero-order valence-corrected chi connectivity index (χ0v) is 18.0. The number of sulfonamides is 1. The maximum absolute atomic E-state index is 13.5. The molecule has 0 spiro atoms. The van der Waals surface area contributed by atoms with Crippen LogP contribution in [0.25, 0.3) is 11.1 Å². The fourth-order valence-corrected chi connectivity index (χ4v) is 3.64. The first kappa shape index (κ1) is 23.8. The normalized spacial score (nSPS) is 12.0. The zero-order valence-electron chi connectivity index (χ0n) is 17.2. The Hall–Kier alpha value is -3.83. The van der Waals surface area contributed by atoms with Crippen LogP contribution in [0.5, 0.6) is 0 Å². The number of hydrogen-bond acceptors (Lipinski definition) is 5. The van der Waals surface area contributed by atoms with Crippen LogP contribution in [0.4, 0.5) is 14.5 Å². The van der Waals surface area contributed by atoms with Gasteiger partial charge in [0, 0.05) is 17.3 Å². The number of anilines is 1. The standard InChI is InChI=1S/C22H19F2N3O5S/c1-33(31,32)27-19-8-6-15(7-9-19)21(28)25-20(22(29)26-30)14-4-2-13(3-5-14)16-10-17(23)12-18(24)11-16/h2-12,20,27,30H,1H3,(H,25,28)(H,26,29). The summed E-state index contributed by atoms with van der Waals surface area (Å²) in [5.41, 5.74) is 2.93. The summed E-state index contributed by atoms with van der Waals surface area (Å²) in [6.07, 6.45) is 0.988. The van der Waals surface area contributed by atoms with E-state index in [0.29, 0.717) is 11.1 Å². The van der Waals surface area contributed by atoms with E-state index in [1.165, 1.54) is 54.0 Å². The molecule has 0 bridgehead atoms. The lowest BCUT2D eigenvalue weighted by atomic mass is 10.00. The number of benzene rings is 3. The summed E-state index contributed by atoms with van der Waals surface area (Å²) in [4.78, 5) is 24.8. The summed E-state index contributed by atoms with van der Waals surface area (Å²) in [5, 5.41) is 11.6. The van der Waals surface area contributed by atoms with Crippen LogP contribution in [-0.4, -0.2) is 31.7 Å². The van der Waals surface area contributed by atoms with Crippen molar-refractivity contribution in [3.8, 4) is 11.1 Å². The lowest BCUT2D eigenvalue weighted by molar-refractivity contribution is -0.131. The minimum absolute atomic E-state index is 0.136. The van der Waals surface area contributed by atoms with Gasteiger partial charge in [0.25, 0.3) is 11.8 Å². The van der Waals surface area contributed by atoms with E-state index in [4.69, 9.17) is 5.21 Å². The molecule has 3 rings (SSSR count). The van der Waals surface area contributed by atoms with Crippen molar-refractivity contribution < 1.29 is 32.0 Å². The molecule has 0 aliphatic rings. The van der Waals surface area contributed by atoms with Crippen LogP contribution in [0.3, 0.4) is 0 Å². The van der Waals surface area contributed by atoms with E-state index in [0.717, 1.165) is 24.5 Å². The van der Waals surface area contributed by atoms with Crippen LogP contribution >= 0.6 is 0 Å². The largest absolute Gasteiger partial charge is 0.336 e. The molecule has 1 unspecified atom stereocenters. The number of nitrogens with one attached hydrogen (secondary N) is 3. The molecular weight excluding hydrogens is 456 g/mol. The number of halogens is 2. The molecule has 3 aromatic rings. The van der Waals surface area contributed by atoms with Crippen LogP contribution in [0.2, 0.25) is 0 Å². The average molecular weight is 475 g/mol. The third-order valence-electron chi connectivity index (χ3n) is 4.54. The van der Waals surface area contributed by atoms with E-state index in [-0.39, 0.29) is 16.8 Å². The third kappa shape index (κ3) is 6.34. The van der Waals surface area contributed by atoms with Gasteiger partial charge in [0.1, 0.15) is 17.7 Å². The maximum Gasteiger partial charge on any atom is 0.270 e. The summed E-state index contributed by atoms with van der Waals surface area (Å²) in [7, 11) is -3.48. The third-order valence-corrected chi connectivity index (χ3v) is 5.14. The highest BCUT2D eigenvalue weighted by Crippen LogP contribution is 2.24. The zero-order chi connectivity index (χ0) is 24.2. The molecule has 0 saturated heterocycles. The molecule has 33 heavy (non-hydrogen) atoms. The predicted molar refractivity (Wildman–Crippen MR) is 117 cm³/mol. The van der Waals surface area contributed by atoms with E-state index >= 15 is 0 Å². The van der Waals surface area contributed by atoms with Gasteiger partial charge >= 0.3 is 0 Å². The number of hydrogen-bond donors (Lipinski definition) is 4. The predicted octanol–water partition coefficient (Wildman–Crippen LogP) is 2.98. The highest BCUT2D eigenvalue weighted by Gasteiger charge is 2.23. The number of carbonyl (C=O) groups excluding carboxylic acids is 2. The van der Waals surface area contributed by atoms with Crippen molar-refractivity contribution >= 4 is 27.5 Å². The molecule has 0 aromatic heterocycles. The minimum atomic E-state index is -3.48. The molecule has 2 amide bonds. The van der Waals surface area contributed by atoms with E-state index in [1.807, 2.05) is 0 Å². The van der Waals surface area contributed by atoms with Gasteiger partial charge in [-0.25, -0.2) is 22.7 Å². The van der Waals surface area contributed by atoms with Crippen molar-refractivity contribution in [2.45, 2.75) is 6.04 Å². The van der Waals surface area contributed by atoms with Crippen molar-refractivity contribution in [1.82, 2.24) is 10.8 Å². The van der Waals surface area contributed by atoms with Crippen molar-refractivity contribution in [1.29, 1.82) is 0 Å². The highest BCUT2D eigenvalue weighted by atomic mass is 32.2. The Morgan fingerprint density at radius 1 is 0.879 bits per heavy atom. The Bertz CT molecular complexity index is 1260. The molecule has 0 heterocycles. The monoisotopic (exact) mass is 475 g/mol. The molecule has 11 heteroatoms. The Balaban J connectivity index is 1.81. The topological polar surface area (TPSA) is 125 Å². The summed E-state index contributed by atoms with van der Waals surface area (Å²) >= 11 is 0. The Morgan fingerprint density at radius 2 is 1.45 bits per heavy atom. The molecule has 3 aromatic carbocycles. The van der Waals surface area contributed by atoms with E-state index < -0.39 is 39.5 Å². The van der Waals surface area contributed by atoms with Crippen molar-refractivity contribution in [2.24, 2.45) is 0 Å². The molecule has 0 aliphatic carbocycles. The number of carbonyl (C=O) groups is 2. The van der Waals surface area contributed by atoms with Crippen LogP contribution in [0.1, 0.15) is 22.0 Å². The molecule has 0 aliphatic heterocycles. The molecule has 4 N–H and O–H groups in total. The fraction of sp³-hybridized carbons (Fsp3) is 0.0909. The Kier molecular flexibility index (Phi) is 7.04. The van der Waals surface area contributed by atoms with Gasteiger partial charge < -0.3 is 5.32 Å². The summed E-state index contributed by atoms with van der Waals surface area (Å²) in [6, 6.07) is 13.2. The maximum atomic E-state index is 13.5. The van der Waals surface area contributed by atoms with Gasteiger partial charge in [-0.1, -0.05) is 24.3 Å². The van der Waals surface area contributed by atoms with E-state index in [9.17, 15) is 26.8 Å². The number of hydroxylamine groups is 1. The quantitative estimate of drug-likeness (QED) is 0.309. The lowest BCUT2D eigenvalue weighted by Gasteiger charge is -2.18. The molecule has 172 valence electrons. The smallest absolute Gasteiger partial charge is 0.270 e. The van der Waals surface area contributed by atoms with Gasteiger partial charge in [-0.3, -0.25) is 19.5 Å². The van der Waals surface area contributed by atoms with Crippen molar-refractivity contribution in [3.05, 3.63) is 89.5 Å². The lowest BCUT2D eigenvalue weighted by Crippen LogP contribution is -2.39. The Morgan fingerprint density at radius 3 is 1.97 bits per heavy atom. The molecule has 1 atom stereocenters. The van der Waals surface area contributed by atoms with E-state index in [1.54, 1.807) is 0 Å². The summed E-state index contributed by atoms with van der Waals surface area (Å²) < 4.78 is 51.8. The first-order chi connectivity index (χ1) is 15.6. The number of amides is 2. The van der Waals surface area contributed by atoms with Gasteiger partial charge in [-0.2, -0.15) is 0 Å². The van der Waals surface area contributed by atoms with Gasteiger partial charge in [0.05, 0.1) is 6.26 Å². The molecule has 0 radical (unpaired) electrons. The summed E-state index contributed by atoms with van der Waals surface area (Å²) in [5.74, 6) is -3.05. The van der Waals surface area contributed by atoms with Crippen LogP contribution in [0, 0.1) is 11.6 Å². The van der Waals surface area contributed by atoms with Gasteiger partial charge in [-0.15, -0.1) is 0 Å². The first-order valence-corrected chi connectivity index (χ1v) is 11.3. The van der Waals surface area contributed by atoms with Gasteiger partial charge in [-0.05, 0) is 53.1 Å². The molecular formula is C22H19F2N3O5S. The molecule has 0 fully saturated rings. The summed E-state index contributed by atoms with van der Waals surface area (Å²) in [6.45, 7) is 0. The second-order valence-corrected chi connectivity index (χ2v) is 8.86. The second kappa shape index (κ2) is 9.76. The Labute approximate surface area is 188 Å². The highest BCUT2D eigenvalue weighted by molar-refractivity contribution is 7.92. The van der Waals surface area contributed by atoms with Gasteiger partial charge in [0.15, 0.2) is 0 Å². The second-order valence-electron chi connectivity index (χ2n) is 7.11. The SMILES string of the molecule is CS(=O)(=O)Nc1ccc(C(=O)NC(C(=O)NO)c2ccc(-c3cc(F)cc(F)c3)cc2)cc1. The minimum Gasteiger partial charge on any atom is -0.336 e. The average Bonchev–Trinajstić information content (AvgIpc) is 2.75. The fourth-order valence-electron chi connectivity index (χ4n) is 3.07. The van der Waals surface area contributed by atoms with Gasteiger partial charge in [0.2, 0.25) is 10.0 Å². The molecule has 0 saturated carbocycles. The van der Waals surface area contributed by atoms with Crippen LogP contribution in [0.15, 0.2) is 66.7 Å². The van der Waals surface area contributed by atoms with Crippen LogP contribution < -0.4 is 15.5 Å². The van der Waals surface area contributed by atoms with Crippen LogP contribution in [-0.2, 0) is 14.8 Å². The number of rotatable bonds is 7. The van der Waals surface area contributed by atoms with E-state index in [2.05, 4.69) is 10.0 Å².